The first kappa shape index (κ1) is 39.5. The maximum absolute atomic E-state index is 13.3. The number of carbonyl (C=O) groups excluding carboxylic acids is 4. The summed E-state index contributed by atoms with van der Waals surface area (Å²) in [7, 11) is 0. The molecule has 0 radical (unpaired) electrons. The fourth-order valence-electron chi connectivity index (χ4n) is 4.62. The molecule has 5 atom stereocenters. The van der Waals surface area contributed by atoms with Crippen LogP contribution in [0.3, 0.4) is 0 Å². The molecular formula is C31H49N7O8. The lowest BCUT2D eigenvalue weighted by Gasteiger charge is -2.27. The Balaban J connectivity index is 3.03. The number of hydrogen-bond donors (Lipinski definition) is 8. The van der Waals surface area contributed by atoms with Crippen molar-refractivity contribution in [2.45, 2.75) is 96.3 Å². The number of Topliss-reactive ketones (excluding diaryl/α,β-unsaturated/α-hetero) is 1. The van der Waals surface area contributed by atoms with Gasteiger partial charge in [-0.25, -0.2) is 4.79 Å². The topological polar surface area (TPSA) is 269 Å². The summed E-state index contributed by atoms with van der Waals surface area (Å²) in [5.41, 5.74) is 17.3. The molecule has 1 aromatic rings. The Morgan fingerprint density at radius 3 is 2.00 bits per heavy atom. The van der Waals surface area contributed by atoms with Gasteiger partial charge in [-0.1, -0.05) is 63.9 Å². The Labute approximate surface area is 269 Å². The first-order chi connectivity index (χ1) is 21.7. The highest BCUT2D eigenvalue weighted by Crippen LogP contribution is 2.17. The molecule has 15 nitrogen and oxygen atoms in total. The van der Waals surface area contributed by atoms with E-state index in [9.17, 15) is 39.0 Å². The van der Waals surface area contributed by atoms with Gasteiger partial charge >= 0.3 is 11.9 Å². The molecule has 46 heavy (non-hydrogen) atoms. The highest BCUT2D eigenvalue weighted by Gasteiger charge is 2.34. The summed E-state index contributed by atoms with van der Waals surface area (Å²) in [6.45, 7) is 5.43. The second-order valence-electron chi connectivity index (χ2n) is 11.5. The maximum Gasteiger partial charge on any atom is 0.326 e. The molecule has 0 bridgehead atoms. The van der Waals surface area contributed by atoms with E-state index in [1.54, 1.807) is 44.2 Å². The standard InChI is InChI=1S/C31H49N7O8/c1-4-5-12-20(16-24(39)21(32)13-9-14-35-31(33)34)27(42)36-22(17-25(40)41)28(43)38-26(18(2)3)29(44)37-23(30(45)46)15-19-10-7-6-8-11-19/h6-8,10-11,18,20-23,26H,4-5,9,12-17,32H2,1-3H3,(H,36,42)(H,37,44)(H,38,43)(H,40,41)(H,45,46)(H4,33,34,35)/t20?,21-,22-,23-,26+/m0/s1. The molecule has 256 valence electrons. The predicted molar refractivity (Wildman–Crippen MR) is 171 cm³/mol. The van der Waals surface area contributed by atoms with Crippen molar-refractivity contribution in [1.29, 1.82) is 0 Å². The Bertz CT molecular complexity index is 1200. The molecule has 0 saturated heterocycles. The summed E-state index contributed by atoms with van der Waals surface area (Å²) in [6.07, 6.45) is 1.32. The number of nitrogens with two attached hydrogens (primary N) is 3. The minimum absolute atomic E-state index is 0.00380. The number of carbonyl (C=O) groups is 6. The number of amides is 3. The van der Waals surface area contributed by atoms with E-state index in [1.165, 1.54) is 0 Å². The van der Waals surface area contributed by atoms with Gasteiger partial charge in [0.2, 0.25) is 17.7 Å². The number of rotatable bonds is 22. The van der Waals surface area contributed by atoms with Gasteiger partial charge in [0.1, 0.15) is 23.9 Å². The molecule has 3 amide bonds. The molecule has 0 heterocycles. The maximum atomic E-state index is 13.3. The van der Waals surface area contributed by atoms with Crippen LogP contribution in [0.5, 0.6) is 0 Å². The molecule has 0 aliphatic carbocycles. The van der Waals surface area contributed by atoms with Crippen molar-refractivity contribution in [2.24, 2.45) is 34.0 Å². The van der Waals surface area contributed by atoms with Crippen molar-refractivity contribution in [3.05, 3.63) is 35.9 Å². The minimum atomic E-state index is -1.58. The van der Waals surface area contributed by atoms with E-state index in [0.29, 0.717) is 31.2 Å². The number of aliphatic carboxylic acids is 2. The van der Waals surface area contributed by atoms with Gasteiger partial charge < -0.3 is 43.4 Å². The molecule has 1 rings (SSSR count). The number of benzene rings is 1. The highest BCUT2D eigenvalue weighted by molar-refractivity contribution is 5.96. The van der Waals surface area contributed by atoms with Crippen LogP contribution in [0.1, 0.15) is 71.3 Å². The number of guanidine groups is 1. The summed E-state index contributed by atoms with van der Waals surface area (Å²) in [6, 6.07) is 3.69. The van der Waals surface area contributed by atoms with E-state index >= 15 is 0 Å². The van der Waals surface area contributed by atoms with Gasteiger partial charge in [0.25, 0.3) is 0 Å². The number of nitrogens with zero attached hydrogens (tertiary/aromatic N) is 1. The zero-order chi connectivity index (χ0) is 34.8. The Kier molecular flexibility index (Phi) is 17.6. The van der Waals surface area contributed by atoms with Crippen LogP contribution in [0.15, 0.2) is 35.3 Å². The van der Waals surface area contributed by atoms with Gasteiger partial charge in [0.15, 0.2) is 5.96 Å². The highest BCUT2D eigenvalue weighted by atomic mass is 16.4. The molecule has 0 spiro atoms. The van der Waals surface area contributed by atoms with E-state index in [4.69, 9.17) is 17.2 Å². The van der Waals surface area contributed by atoms with Crippen LogP contribution in [-0.4, -0.2) is 82.3 Å². The zero-order valence-corrected chi connectivity index (χ0v) is 26.7. The molecule has 0 aromatic heterocycles. The molecule has 15 heteroatoms. The van der Waals surface area contributed by atoms with Crippen LogP contribution in [-0.2, 0) is 35.2 Å². The van der Waals surface area contributed by atoms with Crippen LogP contribution in [0.25, 0.3) is 0 Å². The van der Waals surface area contributed by atoms with Crippen LogP contribution in [0.2, 0.25) is 0 Å². The van der Waals surface area contributed by atoms with Gasteiger partial charge in [-0.05, 0) is 30.7 Å². The number of carboxylic acid groups (broad SMARTS) is 2. The van der Waals surface area contributed by atoms with Crippen LogP contribution >= 0.6 is 0 Å². The molecule has 1 aromatic carbocycles. The first-order valence-corrected chi connectivity index (χ1v) is 15.4. The van der Waals surface area contributed by atoms with Gasteiger partial charge in [0, 0.05) is 25.3 Å². The predicted octanol–water partition coefficient (Wildman–Crippen LogP) is 0.0453. The van der Waals surface area contributed by atoms with E-state index < -0.39 is 72.1 Å². The number of carboxylic acids is 2. The SMILES string of the molecule is CCCCC(CC(=O)[C@@H](N)CCCN=C(N)N)C(=O)N[C@@H](CC(=O)O)C(=O)N[C@@H](C(=O)N[C@@H](Cc1ccccc1)C(=O)O)C(C)C. The lowest BCUT2D eigenvalue weighted by molar-refractivity contribution is -0.143. The van der Waals surface area contributed by atoms with Gasteiger partial charge in [-0.2, -0.15) is 0 Å². The summed E-state index contributed by atoms with van der Waals surface area (Å²) < 4.78 is 0. The Morgan fingerprint density at radius 1 is 0.826 bits per heavy atom. The number of hydrogen-bond acceptors (Lipinski definition) is 8. The van der Waals surface area contributed by atoms with Gasteiger partial charge in [-0.3, -0.25) is 29.0 Å². The van der Waals surface area contributed by atoms with Gasteiger partial charge in [0.05, 0.1) is 12.5 Å². The lowest BCUT2D eigenvalue weighted by Crippen LogP contribution is -2.58. The Hall–Kier alpha value is -4.53. The average Bonchev–Trinajstić information content (AvgIpc) is 2.98. The average molecular weight is 648 g/mol. The normalized spacial score (nSPS) is 14.2. The second-order valence-corrected chi connectivity index (χ2v) is 11.5. The van der Waals surface area contributed by atoms with Crippen LogP contribution in [0, 0.1) is 11.8 Å². The first-order valence-electron chi connectivity index (χ1n) is 15.4. The van der Waals surface area contributed by atoms with E-state index in [1.807, 2.05) is 6.92 Å². The second kappa shape index (κ2) is 20.5. The van der Waals surface area contributed by atoms with Crippen molar-refractivity contribution in [3.8, 4) is 0 Å². The molecule has 0 aliphatic heterocycles. The summed E-state index contributed by atoms with van der Waals surface area (Å²) in [5, 5.41) is 26.5. The molecule has 1 unspecified atom stereocenters. The summed E-state index contributed by atoms with van der Waals surface area (Å²) >= 11 is 0. The third-order valence-electron chi connectivity index (χ3n) is 7.26. The van der Waals surface area contributed by atoms with Crippen LogP contribution in [0.4, 0.5) is 0 Å². The number of unbranched alkanes of at least 4 members (excludes halogenated alkanes) is 1. The third kappa shape index (κ3) is 15.0. The Morgan fingerprint density at radius 2 is 1.46 bits per heavy atom. The van der Waals surface area contributed by atoms with Crippen molar-refractivity contribution < 1.29 is 39.0 Å². The molecular weight excluding hydrogens is 598 g/mol. The summed E-state index contributed by atoms with van der Waals surface area (Å²) in [4.78, 5) is 80.0. The number of ketones is 1. The fraction of sp³-hybridized carbons (Fsp3) is 0.581. The third-order valence-corrected chi connectivity index (χ3v) is 7.26. The molecule has 11 N–H and O–H groups in total. The minimum Gasteiger partial charge on any atom is -0.481 e. The largest absolute Gasteiger partial charge is 0.481 e. The zero-order valence-electron chi connectivity index (χ0n) is 26.7. The monoisotopic (exact) mass is 647 g/mol. The number of nitrogens with one attached hydrogen (secondary N) is 3. The molecule has 0 fully saturated rings. The molecule has 0 saturated carbocycles. The molecule has 0 aliphatic rings. The smallest absolute Gasteiger partial charge is 0.326 e. The van der Waals surface area contributed by atoms with E-state index in [0.717, 1.165) is 0 Å². The number of aliphatic imine (C=N–C) groups is 1. The lowest BCUT2D eigenvalue weighted by atomic mass is 9.91. The van der Waals surface area contributed by atoms with E-state index in [2.05, 4.69) is 20.9 Å². The van der Waals surface area contributed by atoms with Crippen molar-refractivity contribution in [1.82, 2.24) is 16.0 Å². The quantitative estimate of drug-likeness (QED) is 0.0473. The van der Waals surface area contributed by atoms with E-state index in [-0.39, 0.29) is 37.6 Å². The van der Waals surface area contributed by atoms with Crippen LogP contribution < -0.4 is 33.2 Å². The van der Waals surface area contributed by atoms with Crippen molar-refractivity contribution >= 4 is 41.4 Å². The van der Waals surface area contributed by atoms with Crippen molar-refractivity contribution in [2.75, 3.05) is 6.54 Å². The summed E-state index contributed by atoms with van der Waals surface area (Å²) in [5.74, 6) is -6.95. The van der Waals surface area contributed by atoms with Crippen molar-refractivity contribution in [3.63, 3.8) is 0 Å². The fourth-order valence-corrected chi connectivity index (χ4v) is 4.62. The van der Waals surface area contributed by atoms with Gasteiger partial charge in [-0.15, -0.1) is 0 Å².